The Balaban J connectivity index is 1.75. The van der Waals surface area contributed by atoms with Gasteiger partial charge >= 0.3 is 0 Å². The number of carbonyl (C=O) groups excluding carboxylic acids is 2. The molecule has 2 N–H and O–H groups in total. The van der Waals surface area contributed by atoms with Crippen molar-refractivity contribution in [1.29, 1.82) is 0 Å². The van der Waals surface area contributed by atoms with Crippen molar-refractivity contribution in [3.05, 3.63) is 68.3 Å². The number of rotatable bonds is 7. The number of allylic oxidation sites excluding steroid dienone is 1. The lowest BCUT2D eigenvalue weighted by atomic mass is 10.0. The van der Waals surface area contributed by atoms with E-state index in [1.807, 2.05) is 6.92 Å². The van der Waals surface area contributed by atoms with Crippen molar-refractivity contribution in [2.24, 2.45) is 0 Å². The van der Waals surface area contributed by atoms with E-state index in [1.54, 1.807) is 14.0 Å². The van der Waals surface area contributed by atoms with Crippen LogP contribution in [0.2, 0.25) is 0 Å². The number of carbonyl (C=O) groups is 2. The molecular formula is C24H25F2N3O6. The van der Waals surface area contributed by atoms with Crippen LogP contribution in [0, 0.1) is 11.6 Å². The molecule has 9 nitrogen and oxygen atoms in total. The number of amides is 2. The van der Waals surface area contributed by atoms with Crippen LogP contribution in [0.1, 0.15) is 52.4 Å². The van der Waals surface area contributed by atoms with Crippen LogP contribution in [-0.2, 0) is 22.6 Å². The Bertz CT molecular complexity index is 1300. The molecule has 1 atom stereocenters. The summed E-state index contributed by atoms with van der Waals surface area (Å²) in [5, 5.41) is 13.2. The zero-order valence-corrected chi connectivity index (χ0v) is 19.5. The predicted octanol–water partition coefficient (Wildman–Crippen LogP) is 2.36. The fraction of sp³-hybridized carbons (Fsp3) is 0.375. The number of halogens is 2. The highest BCUT2D eigenvalue weighted by atomic mass is 19.1. The summed E-state index contributed by atoms with van der Waals surface area (Å²) in [5.74, 6) is -3.42. The highest BCUT2D eigenvalue weighted by Crippen LogP contribution is 2.35. The Labute approximate surface area is 199 Å². The molecule has 2 aliphatic heterocycles. The number of ether oxygens (including phenoxy) is 2. The summed E-state index contributed by atoms with van der Waals surface area (Å²) in [4.78, 5) is 40.9. The number of benzene rings is 1. The molecule has 35 heavy (non-hydrogen) atoms. The molecule has 1 aromatic carbocycles. The smallest absolute Gasteiger partial charge is 0.275 e. The number of nitrogens with one attached hydrogen (secondary N) is 1. The van der Waals surface area contributed by atoms with Crippen LogP contribution >= 0.6 is 0 Å². The van der Waals surface area contributed by atoms with E-state index in [-0.39, 0.29) is 42.7 Å². The summed E-state index contributed by atoms with van der Waals surface area (Å²) in [7, 11) is 1.55. The minimum absolute atomic E-state index is 0.0132. The van der Waals surface area contributed by atoms with Crippen LogP contribution in [-0.4, -0.2) is 52.7 Å². The third-order valence-electron chi connectivity index (χ3n) is 6.29. The Morgan fingerprint density at radius 3 is 2.74 bits per heavy atom. The van der Waals surface area contributed by atoms with Gasteiger partial charge in [0.2, 0.25) is 5.43 Å². The zero-order valence-electron chi connectivity index (χ0n) is 19.5. The van der Waals surface area contributed by atoms with Crippen LogP contribution in [0.4, 0.5) is 8.78 Å². The molecule has 186 valence electrons. The molecule has 2 amide bonds. The molecule has 1 unspecified atom stereocenters. The van der Waals surface area contributed by atoms with Crippen molar-refractivity contribution >= 4 is 17.5 Å². The van der Waals surface area contributed by atoms with Gasteiger partial charge in [0, 0.05) is 37.9 Å². The van der Waals surface area contributed by atoms with E-state index < -0.39 is 40.2 Å². The molecule has 0 spiro atoms. The van der Waals surface area contributed by atoms with Gasteiger partial charge in [-0.15, -0.1) is 0 Å². The van der Waals surface area contributed by atoms with Gasteiger partial charge in [0.15, 0.2) is 11.4 Å². The van der Waals surface area contributed by atoms with Gasteiger partial charge < -0.3 is 29.4 Å². The summed E-state index contributed by atoms with van der Waals surface area (Å²) in [6, 6.07) is 2.65. The third kappa shape index (κ3) is 4.27. The quantitative estimate of drug-likeness (QED) is 0.618. The largest absolute Gasteiger partial charge is 0.503 e. The summed E-state index contributed by atoms with van der Waals surface area (Å²) in [6.45, 7) is 3.58. The van der Waals surface area contributed by atoms with Crippen molar-refractivity contribution in [2.45, 2.75) is 39.5 Å². The molecule has 3 heterocycles. The maximum absolute atomic E-state index is 14.0. The minimum atomic E-state index is -1.04. The van der Waals surface area contributed by atoms with E-state index in [4.69, 9.17) is 9.47 Å². The number of nitrogens with zero attached hydrogens (tertiary/aromatic N) is 2. The monoisotopic (exact) mass is 489 g/mol. The van der Waals surface area contributed by atoms with Gasteiger partial charge in [-0.1, -0.05) is 6.07 Å². The van der Waals surface area contributed by atoms with Gasteiger partial charge in [-0.2, -0.15) is 0 Å². The van der Waals surface area contributed by atoms with E-state index in [0.717, 1.165) is 6.07 Å². The average molecular weight is 489 g/mol. The van der Waals surface area contributed by atoms with Gasteiger partial charge in [-0.05, 0) is 26.3 Å². The summed E-state index contributed by atoms with van der Waals surface area (Å²) >= 11 is 0. The van der Waals surface area contributed by atoms with Crippen molar-refractivity contribution in [3.8, 4) is 5.75 Å². The third-order valence-corrected chi connectivity index (χ3v) is 6.29. The van der Waals surface area contributed by atoms with Gasteiger partial charge in [-0.25, -0.2) is 8.78 Å². The molecule has 4 rings (SSSR count). The topological polar surface area (TPSA) is 110 Å². The molecule has 11 heteroatoms. The lowest BCUT2D eigenvalue weighted by Crippen LogP contribution is -2.48. The van der Waals surface area contributed by atoms with E-state index in [9.17, 15) is 28.3 Å². The first-order valence-corrected chi connectivity index (χ1v) is 11.0. The van der Waals surface area contributed by atoms with Gasteiger partial charge in [-0.3, -0.25) is 14.4 Å². The van der Waals surface area contributed by atoms with Gasteiger partial charge in [0.05, 0.1) is 17.9 Å². The zero-order chi connectivity index (χ0) is 25.4. The van der Waals surface area contributed by atoms with Crippen molar-refractivity contribution in [2.75, 3.05) is 20.3 Å². The Morgan fingerprint density at radius 2 is 2.06 bits per heavy atom. The SMILES string of the molecule is COCCC(C)N1CC2=C(C)OCc3c(C(=O)NCc4ccc(F)cc4F)c(=O)c(O)c(n32)C1=O. The van der Waals surface area contributed by atoms with Crippen molar-refractivity contribution in [1.82, 2.24) is 14.8 Å². The fourth-order valence-electron chi connectivity index (χ4n) is 4.27. The van der Waals surface area contributed by atoms with E-state index in [0.29, 0.717) is 30.6 Å². The average Bonchev–Trinajstić information content (AvgIpc) is 2.82. The highest BCUT2D eigenvalue weighted by molar-refractivity contribution is 6.02. The summed E-state index contributed by atoms with van der Waals surface area (Å²) in [5.41, 5.74) is -1.05. The Kier molecular flexibility index (Phi) is 6.62. The molecular weight excluding hydrogens is 464 g/mol. The number of hydrogen-bond acceptors (Lipinski definition) is 6. The Hall–Kier alpha value is -3.73. The molecule has 0 radical (unpaired) electrons. The van der Waals surface area contributed by atoms with Crippen LogP contribution in [0.3, 0.4) is 0 Å². The molecule has 0 saturated heterocycles. The highest BCUT2D eigenvalue weighted by Gasteiger charge is 2.40. The lowest BCUT2D eigenvalue weighted by molar-refractivity contribution is 0.0630. The molecule has 2 aliphatic rings. The first-order valence-electron chi connectivity index (χ1n) is 11.0. The normalized spacial score (nSPS) is 15.6. The minimum Gasteiger partial charge on any atom is -0.503 e. The van der Waals surface area contributed by atoms with Gasteiger partial charge in [0.1, 0.15) is 29.6 Å². The summed E-state index contributed by atoms with van der Waals surface area (Å²) in [6.07, 6.45) is 0.535. The van der Waals surface area contributed by atoms with Crippen LogP contribution in [0.5, 0.6) is 5.75 Å². The number of hydrogen-bond donors (Lipinski definition) is 2. The van der Waals surface area contributed by atoms with Crippen LogP contribution in [0.15, 0.2) is 28.8 Å². The maximum Gasteiger partial charge on any atom is 0.275 e. The predicted molar refractivity (Wildman–Crippen MR) is 121 cm³/mol. The lowest BCUT2D eigenvalue weighted by Gasteiger charge is -2.39. The molecule has 0 fully saturated rings. The fourth-order valence-corrected chi connectivity index (χ4v) is 4.27. The van der Waals surface area contributed by atoms with E-state index in [2.05, 4.69) is 5.32 Å². The second-order valence-electron chi connectivity index (χ2n) is 8.46. The second kappa shape index (κ2) is 9.49. The number of aromatic nitrogens is 1. The molecule has 0 aliphatic carbocycles. The number of aromatic hydroxyl groups is 1. The van der Waals surface area contributed by atoms with E-state index >= 15 is 0 Å². The second-order valence-corrected chi connectivity index (χ2v) is 8.46. The number of methoxy groups -OCH3 is 1. The van der Waals surface area contributed by atoms with Crippen LogP contribution in [0.25, 0.3) is 5.70 Å². The molecule has 2 aromatic rings. The first kappa shape index (κ1) is 24.4. The summed E-state index contributed by atoms with van der Waals surface area (Å²) < 4.78 is 39.4. The molecule has 1 aromatic heterocycles. The molecule has 0 saturated carbocycles. The molecule has 0 bridgehead atoms. The van der Waals surface area contributed by atoms with Crippen molar-refractivity contribution < 1.29 is 33.0 Å². The standard InChI is InChI=1S/C24H25F2N3O6/c1-12(6-7-34-3)28-10-17-13(2)35-11-18-19(21(30)22(31)20(24(28)33)29(17)18)23(32)27-9-14-4-5-15(25)8-16(14)26/h4-5,8,12,31H,6-7,9-11H2,1-3H3,(H,27,32). The van der Waals surface area contributed by atoms with Gasteiger partial charge in [0.25, 0.3) is 11.8 Å². The van der Waals surface area contributed by atoms with Crippen LogP contribution < -0.4 is 10.7 Å². The first-order chi connectivity index (χ1) is 16.6. The number of pyridine rings is 1. The maximum atomic E-state index is 14.0. The van der Waals surface area contributed by atoms with E-state index in [1.165, 1.54) is 15.5 Å². The van der Waals surface area contributed by atoms with Crippen molar-refractivity contribution in [3.63, 3.8) is 0 Å². The Morgan fingerprint density at radius 1 is 1.31 bits per heavy atom.